The van der Waals surface area contributed by atoms with Crippen LogP contribution >= 0.6 is 0 Å². The molecule has 1 aromatic heterocycles. The van der Waals surface area contributed by atoms with Gasteiger partial charge < -0.3 is 19.9 Å². The number of benzene rings is 1. The third kappa shape index (κ3) is 2.52. The fourth-order valence-corrected chi connectivity index (χ4v) is 4.16. The number of hydrogen-bond donors (Lipinski definition) is 2. The van der Waals surface area contributed by atoms with Gasteiger partial charge in [0.1, 0.15) is 17.2 Å². The number of nitrogens with one attached hydrogen (secondary N) is 2. The zero-order valence-electron chi connectivity index (χ0n) is 13.9. The van der Waals surface area contributed by atoms with Gasteiger partial charge in [0.2, 0.25) is 0 Å². The SMILES string of the molecule is c1ccc2c(c1)OC1(CCNC1)CC2NCc1nccn1C1CC1. The quantitative estimate of drug-likeness (QED) is 0.907. The summed E-state index contributed by atoms with van der Waals surface area (Å²) in [6, 6.07) is 9.46. The van der Waals surface area contributed by atoms with Gasteiger partial charge in [-0.15, -0.1) is 0 Å². The third-order valence-corrected chi connectivity index (χ3v) is 5.60. The van der Waals surface area contributed by atoms with Gasteiger partial charge in [0, 0.05) is 49.4 Å². The maximum Gasteiger partial charge on any atom is 0.124 e. The lowest BCUT2D eigenvalue weighted by molar-refractivity contribution is 0.0486. The molecule has 0 bridgehead atoms. The minimum Gasteiger partial charge on any atom is -0.485 e. The Labute approximate surface area is 142 Å². The van der Waals surface area contributed by atoms with E-state index in [4.69, 9.17) is 4.74 Å². The van der Waals surface area contributed by atoms with Crippen LogP contribution in [0.2, 0.25) is 0 Å². The first-order valence-corrected chi connectivity index (χ1v) is 9.07. The van der Waals surface area contributed by atoms with Crippen molar-refractivity contribution in [3.8, 4) is 5.75 Å². The van der Waals surface area contributed by atoms with Crippen molar-refractivity contribution in [2.24, 2.45) is 0 Å². The van der Waals surface area contributed by atoms with E-state index in [1.807, 2.05) is 6.20 Å². The Balaban J connectivity index is 1.38. The Kier molecular flexibility index (Phi) is 3.38. The lowest BCUT2D eigenvalue weighted by Gasteiger charge is -2.39. The highest BCUT2D eigenvalue weighted by Gasteiger charge is 2.43. The first-order chi connectivity index (χ1) is 11.8. The van der Waals surface area contributed by atoms with Crippen molar-refractivity contribution in [3.05, 3.63) is 48.0 Å². The third-order valence-electron chi connectivity index (χ3n) is 5.60. The van der Waals surface area contributed by atoms with Crippen LogP contribution in [0.25, 0.3) is 0 Å². The van der Waals surface area contributed by atoms with E-state index in [0.29, 0.717) is 12.1 Å². The number of hydrogen-bond acceptors (Lipinski definition) is 4. The summed E-state index contributed by atoms with van der Waals surface area (Å²) in [6.45, 7) is 2.79. The van der Waals surface area contributed by atoms with Crippen molar-refractivity contribution in [1.82, 2.24) is 20.2 Å². The molecular formula is C19H24N4O. The number of rotatable bonds is 4. The molecule has 1 saturated heterocycles. The molecule has 5 heteroatoms. The predicted octanol–water partition coefficient (Wildman–Crippen LogP) is 2.56. The van der Waals surface area contributed by atoms with Crippen LogP contribution in [0.3, 0.4) is 0 Å². The number of aromatic nitrogens is 2. The van der Waals surface area contributed by atoms with E-state index >= 15 is 0 Å². The van der Waals surface area contributed by atoms with Crippen LogP contribution < -0.4 is 15.4 Å². The van der Waals surface area contributed by atoms with E-state index < -0.39 is 0 Å². The molecule has 2 fully saturated rings. The molecule has 1 spiro atoms. The molecule has 2 N–H and O–H groups in total. The Bertz CT molecular complexity index is 730. The van der Waals surface area contributed by atoms with Crippen LogP contribution in [0.15, 0.2) is 36.7 Å². The monoisotopic (exact) mass is 324 g/mol. The smallest absolute Gasteiger partial charge is 0.124 e. The minimum absolute atomic E-state index is 0.0576. The number of imidazole rings is 1. The molecule has 1 saturated carbocycles. The first-order valence-electron chi connectivity index (χ1n) is 9.07. The molecule has 0 amide bonds. The molecule has 2 unspecified atom stereocenters. The van der Waals surface area contributed by atoms with E-state index in [1.54, 1.807) is 0 Å². The number of para-hydroxylation sites is 1. The highest BCUT2D eigenvalue weighted by Crippen LogP contribution is 2.42. The molecule has 5 nitrogen and oxygen atoms in total. The van der Waals surface area contributed by atoms with Crippen LogP contribution in [0.1, 0.15) is 49.2 Å². The molecule has 2 atom stereocenters. The van der Waals surface area contributed by atoms with E-state index in [1.165, 1.54) is 18.4 Å². The van der Waals surface area contributed by atoms with Gasteiger partial charge in [0.05, 0.1) is 6.54 Å². The summed E-state index contributed by atoms with van der Waals surface area (Å²) in [4.78, 5) is 4.56. The molecular weight excluding hydrogens is 300 g/mol. The average molecular weight is 324 g/mol. The number of ether oxygens (including phenoxy) is 1. The van der Waals surface area contributed by atoms with Gasteiger partial charge in [-0.1, -0.05) is 18.2 Å². The molecule has 1 aliphatic carbocycles. The van der Waals surface area contributed by atoms with E-state index in [2.05, 4.69) is 50.6 Å². The number of nitrogens with zero attached hydrogens (tertiary/aromatic N) is 2. The van der Waals surface area contributed by atoms with Crippen LogP contribution in [0, 0.1) is 0 Å². The lowest BCUT2D eigenvalue weighted by Crippen LogP contribution is -2.45. The molecule has 1 aromatic carbocycles. The molecule has 24 heavy (non-hydrogen) atoms. The van der Waals surface area contributed by atoms with Crippen LogP contribution in [0.5, 0.6) is 5.75 Å². The van der Waals surface area contributed by atoms with E-state index in [9.17, 15) is 0 Å². The van der Waals surface area contributed by atoms with Crippen molar-refractivity contribution in [2.75, 3.05) is 13.1 Å². The van der Waals surface area contributed by atoms with Crippen molar-refractivity contribution in [2.45, 2.75) is 49.9 Å². The van der Waals surface area contributed by atoms with Crippen LogP contribution in [-0.4, -0.2) is 28.2 Å². The van der Waals surface area contributed by atoms with Gasteiger partial charge in [0.25, 0.3) is 0 Å². The zero-order chi connectivity index (χ0) is 16.0. The summed E-state index contributed by atoms with van der Waals surface area (Å²) in [6.07, 6.45) is 8.72. The molecule has 2 aliphatic heterocycles. The van der Waals surface area contributed by atoms with Crippen molar-refractivity contribution in [1.29, 1.82) is 0 Å². The molecule has 3 aliphatic rings. The van der Waals surface area contributed by atoms with Crippen LogP contribution in [0.4, 0.5) is 0 Å². The highest BCUT2D eigenvalue weighted by atomic mass is 16.5. The maximum absolute atomic E-state index is 6.40. The van der Waals surface area contributed by atoms with Gasteiger partial charge in [-0.2, -0.15) is 0 Å². The minimum atomic E-state index is -0.0576. The summed E-state index contributed by atoms with van der Waals surface area (Å²) >= 11 is 0. The predicted molar refractivity (Wildman–Crippen MR) is 92.0 cm³/mol. The molecule has 0 radical (unpaired) electrons. The van der Waals surface area contributed by atoms with Gasteiger partial charge >= 0.3 is 0 Å². The summed E-state index contributed by atoms with van der Waals surface area (Å²) in [5, 5.41) is 7.23. The molecule has 3 heterocycles. The van der Waals surface area contributed by atoms with Crippen LogP contribution in [-0.2, 0) is 6.54 Å². The average Bonchev–Trinajstić information content (AvgIpc) is 3.18. The second kappa shape index (κ2) is 5.60. The largest absolute Gasteiger partial charge is 0.485 e. The Morgan fingerprint density at radius 2 is 2.25 bits per heavy atom. The second-order valence-corrected chi connectivity index (χ2v) is 7.37. The molecule has 5 rings (SSSR count). The highest BCUT2D eigenvalue weighted by molar-refractivity contribution is 5.39. The second-order valence-electron chi connectivity index (χ2n) is 7.37. The van der Waals surface area contributed by atoms with E-state index in [0.717, 1.165) is 44.0 Å². The summed E-state index contributed by atoms with van der Waals surface area (Å²) < 4.78 is 8.73. The zero-order valence-corrected chi connectivity index (χ0v) is 13.9. The van der Waals surface area contributed by atoms with E-state index in [-0.39, 0.29) is 5.60 Å². The first kappa shape index (κ1) is 14.5. The summed E-state index contributed by atoms with van der Waals surface area (Å²) in [5.41, 5.74) is 1.22. The lowest BCUT2D eigenvalue weighted by atomic mass is 9.86. The summed E-state index contributed by atoms with van der Waals surface area (Å²) in [7, 11) is 0. The van der Waals surface area contributed by atoms with Gasteiger partial charge in [-0.25, -0.2) is 4.98 Å². The van der Waals surface area contributed by atoms with Gasteiger partial charge in [0.15, 0.2) is 0 Å². The topological polar surface area (TPSA) is 51.1 Å². The standard InChI is InChI=1S/C19H24N4O/c1-2-4-17-15(3-1)16(11-19(24-17)7-8-20-13-19)22-12-18-21-9-10-23(18)14-5-6-14/h1-4,9-10,14,16,20,22H,5-8,11-13H2. The Morgan fingerprint density at radius 3 is 3.08 bits per heavy atom. The normalized spacial score (nSPS) is 28.8. The fourth-order valence-electron chi connectivity index (χ4n) is 4.16. The van der Waals surface area contributed by atoms with Crippen molar-refractivity contribution in [3.63, 3.8) is 0 Å². The fraction of sp³-hybridized carbons (Fsp3) is 0.526. The molecule has 2 aromatic rings. The summed E-state index contributed by atoms with van der Waals surface area (Å²) in [5.74, 6) is 2.19. The number of fused-ring (bicyclic) bond motifs is 1. The van der Waals surface area contributed by atoms with Gasteiger partial charge in [-0.3, -0.25) is 0 Å². The Hall–Kier alpha value is -1.85. The Morgan fingerprint density at radius 1 is 1.33 bits per heavy atom. The van der Waals surface area contributed by atoms with Gasteiger partial charge in [-0.05, 0) is 25.5 Å². The maximum atomic E-state index is 6.40. The molecule has 126 valence electrons. The van der Waals surface area contributed by atoms with Crippen molar-refractivity contribution >= 4 is 0 Å². The van der Waals surface area contributed by atoms with Crippen molar-refractivity contribution < 1.29 is 4.74 Å².